The highest BCUT2D eigenvalue weighted by Gasteiger charge is 2.34. The van der Waals surface area contributed by atoms with Gasteiger partial charge in [0.2, 0.25) is 0 Å². The van der Waals surface area contributed by atoms with E-state index in [9.17, 15) is 27.5 Å². The molecule has 3 aromatic carbocycles. The van der Waals surface area contributed by atoms with Crippen molar-refractivity contribution in [2.45, 2.75) is 12.8 Å². The lowest BCUT2D eigenvalue weighted by Crippen LogP contribution is -2.08. The number of halogens is 4. The van der Waals surface area contributed by atoms with E-state index in [1.807, 2.05) is 0 Å². The van der Waals surface area contributed by atoms with Crippen LogP contribution in [0, 0.1) is 5.82 Å². The zero-order valence-electron chi connectivity index (χ0n) is 16.4. The average molecular weight is 441 g/mol. The summed E-state index contributed by atoms with van der Waals surface area (Å²) in [6.45, 7) is -0.0722. The van der Waals surface area contributed by atoms with Crippen LogP contribution in [0.15, 0.2) is 72.9 Å². The molecule has 8 heteroatoms. The third-order valence-electron chi connectivity index (χ3n) is 4.91. The summed E-state index contributed by atoms with van der Waals surface area (Å²) in [7, 11) is 0. The first kappa shape index (κ1) is 21.3. The maximum atomic E-state index is 13.8. The van der Waals surface area contributed by atoms with Crippen molar-refractivity contribution in [3.63, 3.8) is 0 Å². The first-order chi connectivity index (χ1) is 15.3. The number of carbonyl (C=O) groups is 1. The molecule has 4 rings (SSSR count). The van der Waals surface area contributed by atoms with Gasteiger partial charge in [-0.25, -0.2) is 9.18 Å². The molecule has 0 aliphatic rings. The third-order valence-corrected chi connectivity index (χ3v) is 4.91. The Balaban J connectivity index is 1.82. The summed E-state index contributed by atoms with van der Waals surface area (Å²) >= 11 is 0. The zero-order valence-corrected chi connectivity index (χ0v) is 16.4. The van der Waals surface area contributed by atoms with Gasteiger partial charge in [-0.3, -0.25) is 4.98 Å². The number of ether oxygens (including phenoxy) is 1. The summed E-state index contributed by atoms with van der Waals surface area (Å²) in [5.41, 5.74) is -0.806. The maximum Gasteiger partial charge on any atom is 0.418 e. The fourth-order valence-corrected chi connectivity index (χ4v) is 3.44. The van der Waals surface area contributed by atoms with E-state index in [-0.39, 0.29) is 28.6 Å². The number of aromatic carboxylic acids is 1. The van der Waals surface area contributed by atoms with Crippen molar-refractivity contribution in [2.75, 3.05) is 0 Å². The van der Waals surface area contributed by atoms with Gasteiger partial charge in [-0.2, -0.15) is 13.2 Å². The van der Waals surface area contributed by atoms with Gasteiger partial charge in [0.15, 0.2) is 0 Å². The summed E-state index contributed by atoms with van der Waals surface area (Å²) < 4.78 is 59.9. The third kappa shape index (κ3) is 4.12. The smallest absolute Gasteiger partial charge is 0.418 e. The molecule has 4 aromatic rings. The van der Waals surface area contributed by atoms with Gasteiger partial charge in [0, 0.05) is 22.7 Å². The zero-order chi connectivity index (χ0) is 22.9. The van der Waals surface area contributed by atoms with Crippen LogP contribution >= 0.6 is 0 Å². The van der Waals surface area contributed by atoms with Crippen LogP contribution in [0.3, 0.4) is 0 Å². The number of nitrogens with zero attached hydrogens (tertiary/aromatic N) is 1. The number of carboxylic acid groups (broad SMARTS) is 1. The fraction of sp³-hybridized carbons (Fsp3) is 0.0833. The van der Waals surface area contributed by atoms with Crippen LogP contribution in [0.5, 0.6) is 5.75 Å². The van der Waals surface area contributed by atoms with E-state index in [2.05, 4.69) is 4.98 Å². The molecule has 0 atom stereocenters. The van der Waals surface area contributed by atoms with Crippen molar-refractivity contribution in [1.29, 1.82) is 0 Å². The molecule has 0 aliphatic carbocycles. The van der Waals surface area contributed by atoms with Crippen molar-refractivity contribution >= 4 is 16.9 Å². The molecule has 1 heterocycles. The van der Waals surface area contributed by atoms with E-state index < -0.39 is 23.5 Å². The molecular formula is C24H15F4NO3. The van der Waals surface area contributed by atoms with E-state index in [0.29, 0.717) is 16.9 Å². The number of pyridine rings is 1. The number of para-hydroxylation sites is 1. The van der Waals surface area contributed by atoms with Crippen molar-refractivity contribution in [3.8, 4) is 16.9 Å². The number of carboxylic acids is 1. The number of aromatic nitrogens is 1. The number of fused-ring (bicyclic) bond motifs is 1. The molecule has 0 aliphatic heterocycles. The van der Waals surface area contributed by atoms with Crippen LogP contribution in [0.2, 0.25) is 0 Å². The average Bonchev–Trinajstić information content (AvgIpc) is 2.76. The van der Waals surface area contributed by atoms with Gasteiger partial charge in [-0.15, -0.1) is 0 Å². The molecule has 0 saturated heterocycles. The highest BCUT2D eigenvalue weighted by molar-refractivity contribution is 6.07. The quantitative estimate of drug-likeness (QED) is 0.367. The standard InChI is InChI=1S/C24H15F4NO3/c25-20-10-2-1-5-15(20)13-32-16-7-3-6-14(11-16)21-17-8-4-9-19(24(26,27)28)22(17)29-12-18(21)23(30)31/h1-12H,13H2,(H,30,31). The SMILES string of the molecule is O=C(O)c1cnc2c(C(F)(F)F)cccc2c1-c1cccc(OCc2ccccc2F)c1. The van der Waals surface area contributed by atoms with Gasteiger partial charge in [0.05, 0.1) is 16.6 Å². The maximum absolute atomic E-state index is 13.8. The molecular weight excluding hydrogens is 426 g/mol. The Bertz CT molecular complexity index is 1320. The minimum atomic E-state index is -4.65. The highest BCUT2D eigenvalue weighted by Crippen LogP contribution is 2.39. The van der Waals surface area contributed by atoms with Crippen LogP contribution in [0.1, 0.15) is 21.5 Å². The molecule has 0 spiro atoms. The molecule has 0 fully saturated rings. The van der Waals surface area contributed by atoms with Crippen molar-refractivity contribution in [3.05, 3.63) is 95.4 Å². The second-order valence-corrected chi connectivity index (χ2v) is 6.96. The number of hydrogen-bond donors (Lipinski definition) is 1. The van der Waals surface area contributed by atoms with Crippen LogP contribution < -0.4 is 4.74 Å². The first-order valence-corrected chi connectivity index (χ1v) is 9.44. The van der Waals surface area contributed by atoms with E-state index in [1.54, 1.807) is 36.4 Å². The molecule has 1 aromatic heterocycles. The van der Waals surface area contributed by atoms with E-state index in [0.717, 1.165) is 12.3 Å². The molecule has 162 valence electrons. The van der Waals surface area contributed by atoms with Crippen LogP contribution in [0.4, 0.5) is 17.6 Å². The van der Waals surface area contributed by atoms with Gasteiger partial charge in [-0.1, -0.05) is 42.5 Å². The van der Waals surface area contributed by atoms with Crippen molar-refractivity contribution < 1.29 is 32.2 Å². The molecule has 4 nitrogen and oxygen atoms in total. The van der Waals surface area contributed by atoms with Crippen LogP contribution in [0.25, 0.3) is 22.0 Å². The number of rotatable bonds is 5. The topological polar surface area (TPSA) is 59.4 Å². The predicted octanol–water partition coefficient (Wildman–Crippen LogP) is 6.34. The highest BCUT2D eigenvalue weighted by atomic mass is 19.4. The van der Waals surface area contributed by atoms with Crippen molar-refractivity contribution in [1.82, 2.24) is 4.98 Å². The van der Waals surface area contributed by atoms with E-state index in [1.165, 1.54) is 24.3 Å². The Hall–Kier alpha value is -3.94. The summed E-state index contributed by atoms with van der Waals surface area (Å²) in [5.74, 6) is -1.46. The van der Waals surface area contributed by atoms with Gasteiger partial charge in [-0.05, 0) is 29.8 Å². The lowest BCUT2D eigenvalue weighted by molar-refractivity contribution is -0.136. The van der Waals surface area contributed by atoms with E-state index >= 15 is 0 Å². The largest absolute Gasteiger partial charge is 0.489 e. The van der Waals surface area contributed by atoms with Crippen molar-refractivity contribution in [2.24, 2.45) is 0 Å². The molecule has 0 amide bonds. The van der Waals surface area contributed by atoms with Gasteiger partial charge in [0.25, 0.3) is 0 Å². The van der Waals surface area contributed by atoms with Gasteiger partial charge >= 0.3 is 12.1 Å². The Kier molecular flexibility index (Phi) is 5.52. The number of alkyl halides is 3. The van der Waals surface area contributed by atoms with E-state index in [4.69, 9.17) is 4.74 Å². The normalized spacial score (nSPS) is 11.5. The molecule has 32 heavy (non-hydrogen) atoms. The molecule has 1 N–H and O–H groups in total. The number of benzene rings is 3. The minimum Gasteiger partial charge on any atom is -0.489 e. The monoisotopic (exact) mass is 441 g/mol. The Morgan fingerprint density at radius 2 is 1.75 bits per heavy atom. The lowest BCUT2D eigenvalue weighted by Gasteiger charge is -2.15. The minimum absolute atomic E-state index is 0.0472. The molecule has 0 radical (unpaired) electrons. The first-order valence-electron chi connectivity index (χ1n) is 9.44. The fourth-order valence-electron chi connectivity index (χ4n) is 3.44. The van der Waals surface area contributed by atoms with Gasteiger partial charge < -0.3 is 9.84 Å². The second kappa shape index (κ2) is 8.30. The van der Waals surface area contributed by atoms with Crippen LogP contribution in [-0.4, -0.2) is 16.1 Å². The molecule has 0 bridgehead atoms. The predicted molar refractivity (Wildman–Crippen MR) is 110 cm³/mol. The molecule has 0 unspecified atom stereocenters. The molecule has 0 saturated carbocycles. The lowest BCUT2D eigenvalue weighted by atomic mass is 9.94. The Morgan fingerprint density at radius 1 is 1.00 bits per heavy atom. The van der Waals surface area contributed by atoms with Gasteiger partial charge in [0.1, 0.15) is 18.2 Å². The summed E-state index contributed by atoms with van der Waals surface area (Å²) in [4.78, 5) is 15.6. The Morgan fingerprint density at radius 3 is 2.47 bits per heavy atom. The summed E-state index contributed by atoms with van der Waals surface area (Å²) in [6.07, 6.45) is -3.73. The summed E-state index contributed by atoms with van der Waals surface area (Å²) in [5, 5.41) is 9.68. The van der Waals surface area contributed by atoms with Crippen LogP contribution in [-0.2, 0) is 12.8 Å². The summed E-state index contributed by atoms with van der Waals surface area (Å²) in [6, 6.07) is 15.8. The second-order valence-electron chi connectivity index (χ2n) is 6.96. The Labute approximate surface area is 179 Å². The number of hydrogen-bond acceptors (Lipinski definition) is 3.